The van der Waals surface area contributed by atoms with Gasteiger partial charge in [0.2, 0.25) is 5.95 Å². The lowest BCUT2D eigenvalue weighted by Crippen LogP contribution is -2.37. The van der Waals surface area contributed by atoms with E-state index in [-0.39, 0.29) is 15.9 Å². The molecule has 98 valence electrons. The van der Waals surface area contributed by atoms with Crippen molar-refractivity contribution < 1.29 is 14.3 Å². The molecule has 0 amide bonds. The largest absolute Gasteiger partial charge is 0.465 e. The minimum absolute atomic E-state index is 0.0108. The standard InChI is InChI=1S/C10H11Cl2N3O3/c1-17-9(16)6-7(11)13-10(14-8(6)12)15-2-4-18-5-3-15/h2-5H2,1H3. The summed E-state index contributed by atoms with van der Waals surface area (Å²) in [6, 6.07) is 0. The van der Waals surface area contributed by atoms with Gasteiger partial charge in [-0.1, -0.05) is 23.2 Å². The monoisotopic (exact) mass is 291 g/mol. The molecule has 1 aliphatic heterocycles. The van der Waals surface area contributed by atoms with Gasteiger partial charge in [0.25, 0.3) is 0 Å². The van der Waals surface area contributed by atoms with E-state index in [1.165, 1.54) is 7.11 Å². The molecule has 2 rings (SSSR count). The predicted molar refractivity (Wildman–Crippen MR) is 66.4 cm³/mol. The van der Waals surface area contributed by atoms with Gasteiger partial charge in [0.05, 0.1) is 20.3 Å². The third-order valence-corrected chi connectivity index (χ3v) is 3.04. The molecule has 0 radical (unpaired) electrons. The Labute approximate surface area is 114 Å². The van der Waals surface area contributed by atoms with Gasteiger partial charge in [-0.05, 0) is 0 Å². The lowest BCUT2D eigenvalue weighted by atomic mass is 10.3. The summed E-state index contributed by atoms with van der Waals surface area (Å²) in [5.41, 5.74) is -0.0159. The Kier molecular flexibility index (Phi) is 4.21. The lowest BCUT2D eigenvalue weighted by Gasteiger charge is -2.27. The molecule has 18 heavy (non-hydrogen) atoms. The van der Waals surface area contributed by atoms with Crippen LogP contribution < -0.4 is 4.90 Å². The van der Waals surface area contributed by atoms with E-state index in [4.69, 9.17) is 27.9 Å². The Balaban J connectivity index is 2.32. The summed E-state index contributed by atoms with van der Waals surface area (Å²) in [6.45, 7) is 2.50. The van der Waals surface area contributed by atoms with Crippen LogP contribution in [0.15, 0.2) is 0 Å². The van der Waals surface area contributed by atoms with E-state index >= 15 is 0 Å². The van der Waals surface area contributed by atoms with Gasteiger partial charge in [-0.25, -0.2) is 4.79 Å². The van der Waals surface area contributed by atoms with Crippen LogP contribution in [-0.4, -0.2) is 49.4 Å². The fourth-order valence-electron chi connectivity index (χ4n) is 1.57. The number of esters is 1. The predicted octanol–water partition coefficient (Wildman–Crippen LogP) is 1.41. The molecule has 0 N–H and O–H groups in total. The van der Waals surface area contributed by atoms with Gasteiger partial charge in [0, 0.05) is 13.1 Å². The SMILES string of the molecule is COC(=O)c1c(Cl)nc(N2CCOCC2)nc1Cl. The summed E-state index contributed by atoms with van der Waals surface area (Å²) in [5, 5.41) is -0.0216. The Morgan fingerprint density at radius 1 is 1.28 bits per heavy atom. The molecule has 0 atom stereocenters. The highest BCUT2D eigenvalue weighted by Gasteiger charge is 2.22. The maximum atomic E-state index is 11.4. The van der Waals surface area contributed by atoms with Crippen molar-refractivity contribution in [2.45, 2.75) is 0 Å². The van der Waals surface area contributed by atoms with E-state index in [1.807, 2.05) is 4.90 Å². The highest BCUT2D eigenvalue weighted by Crippen LogP contribution is 2.25. The van der Waals surface area contributed by atoms with Crippen LogP contribution in [0.3, 0.4) is 0 Å². The molecule has 0 saturated carbocycles. The number of ether oxygens (including phenoxy) is 2. The second-order valence-corrected chi connectivity index (χ2v) is 4.29. The number of rotatable bonds is 2. The highest BCUT2D eigenvalue weighted by molar-refractivity contribution is 6.38. The Hall–Kier alpha value is -1.11. The van der Waals surface area contributed by atoms with E-state index in [2.05, 4.69) is 14.7 Å². The number of carbonyl (C=O) groups excluding carboxylic acids is 1. The minimum atomic E-state index is -0.654. The molecular weight excluding hydrogens is 281 g/mol. The smallest absolute Gasteiger partial charge is 0.344 e. The van der Waals surface area contributed by atoms with Gasteiger partial charge in [0.15, 0.2) is 10.3 Å². The van der Waals surface area contributed by atoms with Crippen molar-refractivity contribution in [2.75, 3.05) is 38.3 Å². The summed E-state index contributed by atoms with van der Waals surface area (Å²) in [7, 11) is 1.24. The van der Waals surface area contributed by atoms with Gasteiger partial charge in [-0.2, -0.15) is 9.97 Å². The van der Waals surface area contributed by atoms with Crippen molar-refractivity contribution >= 4 is 35.1 Å². The van der Waals surface area contributed by atoms with E-state index in [0.717, 1.165) is 0 Å². The summed E-state index contributed by atoms with van der Waals surface area (Å²) in [5.74, 6) is -0.264. The second kappa shape index (κ2) is 5.69. The van der Waals surface area contributed by atoms with Crippen LogP contribution in [0.1, 0.15) is 10.4 Å². The number of halogens is 2. The molecule has 0 unspecified atom stereocenters. The highest BCUT2D eigenvalue weighted by atomic mass is 35.5. The van der Waals surface area contributed by atoms with Crippen molar-refractivity contribution in [3.05, 3.63) is 15.9 Å². The Morgan fingerprint density at radius 2 is 1.83 bits per heavy atom. The molecule has 1 saturated heterocycles. The first-order valence-electron chi connectivity index (χ1n) is 5.27. The van der Waals surface area contributed by atoms with Crippen LogP contribution in [0.4, 0.5) is 5.95 Å². The van der Waals surface area contributed by atoms with E-state index < -0.39 is 5.97 Å². The fraction of sp³-hybridized carbons (Fsp3) is 0.500. The summed E-state index contributed by atoms with van der Waals surface area (Å²) in [6.07, 6.45) is 0. The maximum Gasteiger partial charge on any atom is 0.344 e. The summed E-state index contributed by atoms with van der Waals surface area (Å²) in [4.78, 5) is 21.5. The fourth-order valence-corrected chi connectivity index (χ4v) is 2.11. The maximum absolute atomic E-state index is 11.4. The van der Waals surface area contributed by atoms with Crippen LogP contribution in [0.25, 0.3) is 0 Å². The molecule has 0 spiro atoms. The number of carbonyl (C=O) groups is 1. The van der Waals surface area contributed by atoms with Gasteiger partial charge >= 0.3 is 5.97 Å². The van der Waals surface area contributed by atoms with Crippen LogP contribution >= 0.6 is 23.2 Å². The van der Waals surface area contributed by atoms with Crippen molar-refractivity contribution in [3.63, 3.8) is 0 Å². The third-order valence-electron chi connectivity index (χ3n) is 2.49. The van der Waals surface area contributed by atoms with Crippen molar-refractivity contribution in [2.24, 2.45) is 0 Å². The van der Waals surface area contributed by atoms with Crippen molar-refractivity contribution in [1.82, 2.24) is 9.97 Å². The van der Waals surface area contributed by atoms with E-state index in [0.29, 0.717) is 32.3 Å². The molecule has 0 bridgehead atoms. The molecule has 2 heterocycles. The Morgan fingerprint density at radius 3 is 2.33 bits per heavy atom. The zero-order chi connectivity index (χ0) is 13.1. The molecular formula is C10H11Cl2N3O3. The summed E-state index contributed by atoms with van der Waals surface area (Å²) >= 11 is 11.9. The Bertz CT molecular complexity index is 441. The zero-order valence-corrected chi connectivity index (χ0v) is 11.2. The number of hydrogen-bond donors (Lipinski definition) is 0. The van der Waals surface area contributed by atoms with Crippen LogP contribution in [-0.2, 0) is 9.47 Å². The van der Waals surface area contributed by atoms with E-state index in [1.54, 1.807) is 0 Å². The number of hydrogen-bond acceptors (Lipinski definition) is 6. The zero-order valence-electron chi connectivity index (χ0n) is 9.65. The number of aromatic nitrogens is 2. The molecule has 0 aromatic carbocycles. The van der Waals surface area contributed by atoms with Crippen molar-refractivity contribution in [3.8, 4) is 0 Å². The topological polar surface area (TPSA) is 64.5 Å². The van der Waals surface area contributed by atoms with Crippen LogP contribution in [0, 0.1) is 0 Å². The summed E-state index contributed by atoms with van der Waals surface area (Å²) < 4.78 is 9.79. The van der Waals surface area contributed by atoms with Crippen LogP contribution in [0.5, 0.6) is 0 Å². The minimum Gasteiger partial charge on any atom is -0.465 e. The lowest BCUT2D eigenvalue weighted by molar-refractivity contribution is 0.0600. The van der Waals surface area contributed by atoms with Gasteiger partial charge in [-0.15, -0.1) is 0 Å². The third kappa shape index (κ3) is 2.66. The molecule has 1 fully saturated rings. The normalized spacial score (nSPS) is 15.6. The van der Waals surface area contributed by atoms with Gasteiger partial charge in [-0.3, -0.25) is 0 Å². The first-order valence-corrected chi connectivity index (χ1v) is 6.03. The number of anilines is 1. The van der Waals surface area contributed by atoms with E-state index in [9.17, 15) is 4.79 Å². The van der Waals surface area contributed by atoms with Gasteiger partial charge < -0.3 is 14.4 Å². The average molecular weight is 292 g/mol. The molecule has 0 aliphatic carbocycles. The first kappa shape index (κ1) is 13.3. The first-order chi connectivity index (χ1) is 8.63. The number of morpholine rings is 1. The molecule has 1 aliphatic rings. The number of nitrogens with zero attached hydrogens (tertiary/aromatic N) is 3. The number of methoxy groups -OCH3 is 1. The quantitative estimate of drug-likeness (QED) is 0.606. The second-order valence-electron chi connectivity index (χ2n) is 3.57. The van der Waals surface area contributed by atoms with Crippen LogP contribution in [0.2, 0.25) is 10.3 Å². The molecule has 6 nitrogen and oxygen atoms in total. The molecule has 8 heteroatoms. The van der Waals surface area contributed by atoms with Crippen molar-refractivity contribution in [1.29, 1.82) is 0 Å². The average Bonchev–Trinajstić information content (AvgIpc) is 2.38. The molecule has 1 aromatic rings. The van der Waals surface area contributed by atoms with Gasteiger partial charge in [0.1, 0.15) is 5.56 Å². The molecule has 1 aromatic heterocycles.